The maximum absolute atomic E-state index is 12.5. The standard InChI is InChI=1S/C12H15N3O3S/c1-3-15(10-5-4-6-11(16)7-10)19(17,18)12-8-13-9(2)14-12/h4-8,16H,3H2,1-2H3,(H,13,14). The lowest BCUT2D eigenvalue weighted by molar-refractivity contribution is 0.475. The van der Waals surface area contributed by atoms with Gasteiger partial charge in [-0.1, -0.05) is 6.07 Å². The van der Waals surface area contributed by atoms with Crippen LogP contribution in [0.25, 0.3) is 0 Å². The number of imidazole rings is 1. The number of H-pyrrole nitrogens is 1. The van der Waals surface area contributed by atoms with E-state index in [0.717, 1.165) is 0 Å². The van der Waals surface area contributed by atoms with Crippen molar-refractivity contribution >= 4 is 15.7 Å². The van der Waals surface area contributed by atoms with Crippen LogP contribution in [0.5, 0.6) is 5.75 Å². The zero-order valence-corrected chi connectivity index (χ0v) is 11.5. The average Bonchev–Trinajstić information content (AvgIpc) is 2.77. The van der Waals surface area contributed by atoms with Crippen molar-refractivity contribution in [1.29, 1.82) is 0 Å². The lowest BCUT2D eigenvalue weighted by Gasteiger charge is -2.21. The summed E-state index contributed by atoms with van der Waals surface area (Å²) in [7, 11) is -3.70. The summed E-state index contributed by atoms with van der Waals surface area (Å²) in [5, 5.41) is 9.49. The summed E-state index contributed by atoms with van der Waals surface area (Å²) in [5.41, 5.74) is 0.412. The largest absolute Gasteiger partial charge is 0.508 e. The molecule has 0 atom stereocenters. The third-order valence-corrected chi connectivity index (χ3v) is 4.47. The first-order valence-corrected chi connectivity index (χ1v) is 7.22. The van der Waals surface area contributed by atoms with Gasteiger partial charge in [-0.15, -0.1) is 0 Å². The highest BCUT2D eigenvalue weighted by Crippen LogP contribution is 2.25. The molecular formula is C12H15N3O3S. The monoisotopic (exact) mass is 281 g/mol. The SMILES string of the molecule is CCN(c1cccc(O)c1)S(=O)(=O)c1cnc(C)[nH]1. The predicted molar refractivity (Wildman–Crippen MR) is 71.6 cm³/mol. The Hall–Kier alpha value is -2.02. The second-order valence-electron chi connectivity index (χ2n) is 4.02. The second-order valence-corrected chi connectivity index (χ2v) is 5.85. The van der Waals surface area contributed by atoms with E-state index in [1.54, 1.807) is 26.0 Å². The summed E-state index contributed by atoms with van der Waals surface area (Å²) < 4.78 is 26.1. The summed E-state index contributed by atoms with van der Waals surface area (Å²) in [5.74, 6) is 0.553. The molecule has 19 heavy (non-hydrogen) atoms. The van der Waals surface area contributed by atoms with E-state index in [0.29, 0.717) is 11.5 Å². The molecular weight excluding hydrogens is 266 g/mol. The number of phenolic OH excluding ortho intramolecular Hbond substituents is 1. The second kappa shape index (κ2) is 4.93. The van der Waals surface area contributed by atoms with Crippen molar-refractivity contribution in [2.75, 3.05) is 10.8 Å². The third-order valence-electron chi connectivity index (χ3n) is 2.65. The van der Waals surface area contributed by atoms with Gasteiger partial charge in [0.1, 0.15) is 11.6 Å². The Labute approximate surface area is 111 Å². The highest BCUT2D eigenvalue weighted by atomic mass is 32.2. The molecule has 7 heteroatoms. The van der Waals surface area contributed by atoms with Crippen LogP contribution in [0.1, 0.15) is 12.7 Å². The summed E-state index contributed by atoms with van der Waals surface area (Å²) in [6.07, 6.45) is 1.29. The minimum atomic E-state index is -3.70. The van der Waals surface area contributed by atoms with Crippen molar-refractivity contribution in [2.45, 2.75) is 18.9 Å². The molecule has 1 heterocycles. The van der Waals surface area contributed by atoms with Crippen LogP contribution in [-0.4, -0.2) is 30.0 Å². The number of aromatic hydroxyl groups is 1. The van der Waals surface area contributed by atoms with E-state index in [1.165, 1.54) is 22.6 Å². The van der Waals surface area contributed by atoms with Gasteiger partial charge in [0.25, 0.3) is 10.0 Å². The van der Waals surface area contributed by atoms with Crippen molar-refractivity contribution in [2.24, 2.45) is 0 Å². The number of phenols is 1. The Morgan fingerprint density at radius 3 is 2.68 bits per heavy atom. The van der Waals surface area contributed by atoms with Crippen molar-refractivity contribution in [3.8, 4) is 5.75 Å². The van der Waals surface area contributed by atoms with E-state index in [-0.39, 0.29) is 17.3 Å². The van der Waals surface area contributed by atoms with Crippen LogP contribution in [0.4, 0.5) is 5.69 Å². The van der Waals surface area contributed by atoms with Crippen LogP contribution in [-0.2, 0) is 10.0 Å². The van der Waals surface area contributed by atoms with Gasteiger partial charge >= 0.3 is 0 Å². The van der Waals surface area contributed by atoms with Gasteiger partial charge in [-0.05, 0) is 26.0 Å². The molecule has 2 N–H and O–H groups in total. The molecule has 0 aliphatic carbocycles. The van der Waals surface area contributed by atoms with E-state index < -0.39 is 10.0 Å². The van der Waals surface area contributed by atoms with Crippen molar-refractivity contribution in [3.05, 3.63) is 36.3 Å². The first-order chi connectivity index (χ1) is 8.95. The van der Waals surface area contributed by atoms with Crippen molar-refractivity contribution in [1.82, 2.24) is 9.97 Å². The van der Waals surface area contributed by atoms with E-state index in [9.17, 15) is 13.5 Å². The van der Waals surface area contributed by atoms with Crippen LogP contribution in [0.2, 0.25) is 0 Å². The number of aryl methyl sites for hydroxylation is 1. The molecule has 0 aliphatic heterocycles. The molecule has 0 spiro atoms. The van der Waals surface area contributed by atoms with Gasteiger partial charge in [0, 0.05) is 12.6 Å². The maximum atomic E-state index is 12.5. The minimum Gasteiger partial charge on any atom is -0.508 e. The molecule has 1 aromatic carbocycles. The fourth-order valence-electron chi connectivity index (χ4n) is 1.79. The number of nitrogens with zero attached hydrogens (tertiary/aromatic N) is 2. The molecule has 0 radical (unpaired) electrons. The van der Waals surface area contributed by atoms with Gasteiger partial charge in [0.2, 0.25) is 0 Å². The van der Waals surface area contributed by atoms with Gasteiger partial charge in [-0.2, -0.15) is 8.42 Å². The number of benzene rings is 1. The molecule has 2 aromatic rings. The molecule has 0 saturated carbocycles. The third kappa shape index (κ3) is 2.55. The Kier molecular flexibility index (Phi) is 3.48. The first-order valence-electron chi connectivity index (χ1n) is 5.78. The minimum absolute atomic E-state index is 0.0203. The maximum Gasteiger partial charge on any atom is 0.281 e. The fourth-order valence-corrected chi connectivity index (χ4v) is 3.22. The van der Waals surface area contributed by atoms with Crippen molar-refractivity contribution in [3.63, 3.8) is 0 Å². The van der Waals surface area contributed by atoms with Crippen LogP contribution in [0.3, 0.4) is 0 Å². The van der Waals surface area contributed by atoms with Crippen LogP contribution >= 0.6 is 0 Å². The molecule has 0 unspecified atom stereocenters. The highest BCUT2D eigenvalue weighted by Gasteiger charge is 2.25. The molecule has 0 aliphatic rings. The highest BCUT2D eigenvalue weighted by molar-refractivity contribution is 7.92. The smallest absolute Gasteiger partial charge is 0.281 e. The molecule has 0 saturated heterocycles. The number of hydrogen-bond acceptors (Lipinski definition) is 4. The molecule has 0 fully saturated rings. The van der Waals surface area contributed by atoms with Crippen LogP contribution in [0, 0.1) is 6.92 Å². The Balaban J connectivity index is 2.47. The summed E-state index contributed by atoms with van der Waals surface area (Å²) in [4.78, 5) is 6.61. The molecule has 102 valence electrons. The number of anilines is 1. The summed E-state index contributed by atoms with van der Waals surface area (Å²) in [6, 6.07) is 6.12. The number of hydrogen-bond donors (Lipinski definition) is 2. The van der Waals surface area contributed by atoms with E-state index in [2.05, 4.69) is 9.97 Å². The molecule has 2 rings (SSSR count). The van der Waals surface area contributed by atoms with Gasteiger partial charge in [0.15, 0.2) is 5.03 Å². The van der Waals surface area contributed by atoms with Gasteiger partial charge in [0.05, 0.1) is 11.9 Å². The summed E-state index contributed by atoms with van der Waals surface area (Å²) in [6.45, 7) is 3.67. The number of sulfonamides is 1. The predicted octanol–water partition coefficient (Wildman–Crippen LogP) is 1.64. The molecule has 1 aromatic heterocycles. The number of aromatic nitrogens is 2. The zero-order chi connectivity index (χ0) is 14.0. The Bertz CT molecular complexity index is 679. The number of rotatable bonds is 4. The lowest BCUT2D eigenvalue weighted by Crippen LogP contribution is -2.31. The van der Waals surface area contributed by atoms with Gasteiger partial charge < -0.3 is 10.1 Å². The van der Waals surface area contributed by atoms with E-state index in [1.807, 2.05) is 0 Å². The molecule has 6 nitrogen and oxygen atoms in total. The Morgan fingerprint density at radius 1 is 1.42 bits per heavy atom. The first kappa shape index (κ1) is 13.4. The van der Waals surface area contributed by atoms with Crippen LogP contribution in [0.15, 0.2) is 35.5 Å². The van der Waals surface area contributed by atoms with Gasteiger partial charge in [-0.25, -0.2) is 4.98 Å². The zero-order valence-electron chi connectivity index (χ0n) is 10.7. The van der Waals surface area contributed by atoms with E-state index >= 15 is 0 Å². The normalized spacial score (nSPS) is 11.5. The molecule has 0 bridgehead atoms. The number of aromatic amines is 1. The van der Waals surface area contributed by atoms with Crippen LogP contribution < -0.4 is 4.31 Å². The Morgan fingerprint density at radius 2 is 2.16 bits per heavy atom. The quantitative estimate of drug-likeness (QED) is 0.892. The van der Waals surface area contributed by atoms with Crippen molar-refractivity contribution < 1.29 is 13.5 Å². The lowest BCUT2D eigenvalue weighted by atomic mass is 10.3. The topological polar surface area (TPSA) is 86.3 Å². The van der Waals surface area contributed by atoms with E-state index in [4.69, 9.17) is 0 Å². The fraction of sp³-hybridized carbons (Fsp3) is 0.250. The average molecular weight is 281 g/mol. The van der Waals surface area contributed by atoms with Gasteiger partial charge in [-0.3, -0.25) is 4.31 Å². The number of nitrogens with one attached hydrogen (secondary N) is 1. The summed E-state index contributed by atoms with van der Waals surface area (Å²) >= 11 is 0. The molecule has 0 amide bonds.